The molecule has 0 aliphatic rings. The van der Waals surface area contributed by atoms with Gasteiger partial charge in [-0.15, -0.1) is 0 Å². The molecule has 1 N–H and O–H groups in total. The third kappa shape index (κ3) is 2.95. The standard InChI is InChI=1S/C12H15F2NO3/c1-12(15-2,10(16)17-3)8-5-4-6-9(7-8)18-11(13)14/h4-7,11,15H,1-3H3. The van der Waals surface area contributed by atoms with Crippen LogP contribution in [-0.2, 0) is 15.1 Å². The maximum atomic E-state index is 12.1. The Bertz CT molecular complexity index is 426. The molecule has 1 unspecified atom stereocenters. The Morgan fingerprint density at radius 1 is 1.44 bits per heavy atom. The summed E-state index contributed by atoms with van der Waals surface area (Å²) in [5.74, 6) is -0.521. The molecular formula is C12H15F2NO3. The minimum absolute atomic E-state index is 0.00659. The highest BCUT2D eigenvalue weighted by molar-refractivity contribution is 5.82. The van der Waals surface area contributed by atoms with Gasteiger partial charge in [0.15, 0.2) is 0 Å². The Labute approximate surface area is 104 Å². The van der Waals surface area contributed by atoms with E-state index in [4.69, 9.17) is 4.74 Å². The van der Waals surface area contributed by atoms with Crippen molar-refractivity contribution >= 4 is 5.97 Å². The van der Waals surface area contributed by atoms with E-state index in [0.717, 1.165) is 0 Å². The van der Waals surface area contributed by atoms with Crippen LogP contribution in [-0.4, -0.2) is 26.7 Å². The number of likely N-dealkylation sites (N-methyl/N-ethyl adjacent to an activating group) is 1. The lowest BCUT2D eigenvalue weighted by Crippen LogP contribution is -2.45. The molecule has 0 saturated heterocycles. The molecule has 0 fully saturated rings. The highest BCUT2D eigenvalue weighted by Crippen LogP contribution is 2.26. The first kappa shape index (κ1) is 14.4. The first-order valence-corrected chi connectivity index (χ1v) is 5.26. The second-order valence-corrected chi connectivity index (χ2v) is 3.77. The van der Waals surface area contributed by atoms with Crippen molar-refractivity contribution in [3.63, 3.8) is 0 Å². The number of alkyl halides is 2. The summed E-state index contributed by atoms with van der Waals surface area (Å²) < 4.78 is 33.2. The van der Waals surface area contributed by atoms with Crippen LogP contribution < -0.4 is 10.1 Å². The number of halogens is 2. The zero-order valence-corrected chi connectivity index (χ0v) is 10.4. The van der Waals surface area contributed by atoms with Crippen LogP contribution >= 0.6 is 0 Å². The van der Waals surface area contributed by atoms with Gasteiger partial charge in [0.05, 0.1) is 7.11 Å². The molecular weight excluding hydrogens is 244 g/mol. The first-order valence-electron chi connectivity index (χ1n) is 5.26. The third-order valence-electron chi connectivity index (χ3n) is 2.73. The van der Waals surface area contributed by atoms with E-state index in [1.54, 1.807) is 20.0 Å². The molecule has 0 aromatic heterocycles. The van der Waals surface area contributed by atoms with Crippen LogP contribution in [0.4, 0.5) is 8.78 Å². The first-order chi connectivity index (χ1) is 8.43. The SMILES string of the molecule is CNC(C)(C(=O)OC)c1cccc(OC(F)F)c1. The van der Waals surface area contributed by atoms with Gasteiger partial charge in [-0.3, -0.25) is 0 Å². The molecule has 0 aliphatic carbocycles. The second-order valence-electron chi connectivity index (χ2n) is 3.77. The molecule has 1 rings (SSSR count). The van der Waals surface area contributed by atoms with Gasteiger partial charge < -0.3 is 14.8 Å². The van der Waals surface area contributed by atoms with E-state index in [1.807, 2.05) is 0 Å². The van der Waals surface area contributed by atoms with Crippen LogP contribution in [0.5, 0.6) is 5.75 Å². The predicted molar refractivity (Wildman–Crippen MR) is 61.5 cm³/mol. The lowest BCUT2D eigenvalue weighted by atomic mass is 9.92. The molecule has 0 spiro atoms. The Kier molecular flexibility index (Phi) is 4.61. The van der Waals surface area contributed by atoms with Gasteiger partial charge in [-0.2, -0.15) is 8.78 Å². The van der Waals surface area contributed by atoms with Gasteiger partial charge in [-0.25, -0.2) is 4.79 Å². The molecule has 1 aromatic rings. The van der Waals surface area contributed by atoms with Crippen LogP contribution in [0.2, 0.25) is 0 Å². The van der Waals surface area contributed by atoms with Crippen molar-refractivity contribution in [2.75, 3.05) is 14.2 Å². The van der Waals surface area contributed by atoms with Crippen molar-refractivity contribution < 1.29 is 23.0 Å². The fourth-order valence-electron chi connectivity index (χ4n) is 1.55. The molecule has 0 aliphatic heterocycles. The number of ether oxygens (including phenoxy) is 2. The topological polar surface area (TPSA) is 47.6 Å². The molecule has 0 radical (unpaired) electrons. The largest absolute Gasteiger partial charge is 0.467 e. The van der Waals surface area contributed by atoms with Gasteiger partial charge >= 0.3 is 12.6 Å². The van der Waals surface area contributed by atoms with E-state index < -0.39 is 18.1 Å². The highest BCUT2D eigenvalue weighted by Gasteiger charge is 2.35. The smallest absolute Gasteiger partial charge is 0.387 e. The third-order valence-corrected chi connectivity index (χ3v) is 2.73. The Hall–Kier alpha value is -1.69. The normalized spacial score (nSPS) is 14.1. The van der Waals surface area contributed by atoms with Gasteiger partial charge in [-0.05, 0) is 31.7 Å². The number of benzene rings is 1. The lowest BCUT2D eigenvalue weighted by molar-refractivity contribution is -0.148. The molecule has 0 amide bonds. The molecule has 4 nitrogen and oxygen atoms in total. The van der Waals surface area contributed by atoms with Crippen molar-refractivity contribution in [2.24, 2.45) is 0 Å². The predicted octanol–water partition coefficient (Wildman–Crippen LogP) is 1.90. The summed E-state index contributed by atoms with van der Waals surface area (Å²) in [6.07, 6.45) is 0. The summed E-state index contributed by atoms with van der Waals surface area (Å²) in [5.41, 5.74) is -0.633. The summed E-state index contributed by atoms with van der Waals surface area (Å²) >= 11 is 0. The Morgan fingerprint density at radius 2 is 2.11 bits per heavy atom. The zero-order chi connectivity index (χ0) is 13.8. The minimum Gasteiger partial charge on any atom is -0.467 e. The average molecular weight is 259 g/mol. The summed E-state index contributed by atoms with van der Waals surface area (Å²) in [7, 11) is 2.84. The quantitative estimate of drug-likeness (QED) is 0.820. The van der Waals surface area contributed by atoms with Gasteiger partial charge in [0, 0.05) is 0 Å². The maximum Gasteiger partial charge on any atom is 0.387 e. The summed E-state index contributed by atoms with van der Waals surface area (Å²) in [5, 5.41) is 2.81. The molecule has 0 bridgehead atoms. The fourth-order valence-corrected chi connectivity index (χ4v) is 1.55. The number of carbonyl (C=O) groups excluding carboxylic acids is 1. The number of nitrogens with one attached hydrogen (secondary N) is 1. The van der Waals surface area contributed by atoms with E-state index >= 15 is 0 Å². The van der Waals surface area contributed by atoms with Crippen LogP contribution in [0.25, 0.3) is 0 Å². The molecule has 0 saturated carbocycles. The number of hydrogen-bond donors (Lipinski definition) is 1. The van der Waals surface area contributed by atoms with Crippen LogP contribution in [0, 0.1) is 0 Å². The summed E-state index contributed by atoms with van der Waals surface area (Å²) in [6, 6.07) is 5.93. The van der Waals surface area contributed by atoms with E-state index in [0.29, 0.717) is 5.56 Å². The molecule has 18 heavy (non-hydrogen) atoms. The Balaban J connectivity index is 3.10. The molecule has 1 aromatic carbocycles. The minimum atomic E-state index is -2.90. The molecule has 1 atom stereocenters. The maximum absolute atomic E-state index is 12.1. The number of esters is 1. The van der Waals surface area contributed by atoms with E-state index in [-0.39, 0.29) is 5.75 Å². The van der Waals surface area contributed by atoms with Crippen LogP contribution in [0.15, 0.2) is 24.3 Å². The fraction of sp³-hybridized carbons (Fsp3) is 0.417. The summed E-state index contributed by atoms with van der Waals surface area (Å²) in [4.78, 5) is 11.7. The van der Waals surface area contributed by atoms with Crippen molar-refractivity contribution in [3.05, 3.63) is 29.8 Å². The van der Waals surface area contributed by atoms with Crippen molar-refractivity contribution in [2.45, 2.75) is 19.1 Å². The van der Waals surface area contributed by atoms with Gasteiger partial charge in [0.1, 0.15) is 11.3 Å². The van der Waals surface area contributed by atoms with Crippen LogP contribution in [0.1, 0.15) is 12.5 Å². The van der Waals surface area contributed by atoms with Gasteiger partial charge in [0.25, 0.3) is 0 Å². The molecule has 0 heterocycles. The highest BCUT2D eigenvalue weighted by atomic mass is 19.3. The van der Waals surface area contributed by atoms with E-state index in [1.165, 1.54) is 25.3 Å². The van der Waals surface area contributed by atoms with Crippen molar-refractivity contribution in [3.8, 4) is 5.75 Å². The number of rotatable bonds is 5. The second kappa shape index (κ2) is 5.77. The summed E-state index contributed by atoms with van der Waals surface area (Å²) in [6.45, 7) is -1.31. The molecule has 100 valence electrons. The van der Waals surface area contributed by atoms with Crippen LogP contribution in [0.3, 0.4) is 0 Å². The number of methoxy groups -OCH3 is 1. The van der Waals surface area contributed by atoms with Gasteiger partial charge in [-0.1, -0.05) is 12.1 Å². The zero-order valence-electron chi connectivity index (χ0n) is 10.4. The monoisotopic (exact) mass is 259 g/mol. The van der Waals surface area contributed by atoms with Crippen molar-refractivity contribution in [1.82, 2.24) is 5.32 Å². The van der Waals surface area contributed by atoms with Crippen molar-refractivity contribution in [1.29, 1.82) is 0 Å². The lowest BCUT2D eigenvalue weighted by Gasteiger charge is -2.26. The van der Waals surface area contributed by atoms with E-state index in [9.17, 15) is 13.6 Å². The average Bonchev–Trinajstić information content (AvgIpc) is 2.36. The Morgan fingerprint density at radius 3 is 2.61 bits per heavy atom. The number of carbonyl (C=O) groups is 1. The van der Waals surface area contributed by atoms with Gasteiger partial charge in [0.2, 0.25) is 0 Å². The molecule has 6 heteroatoms. The number of hydrogen-bond acceptors (Lipinski definition) is 4. The van der Waals surface area contributed by atoms with E-state index in [2.05, 4.69) is 10.1 Å².